The lowest BCUT2D eigenvalue weighted by atomic mass is 10.2. The molecule has 0 saturated carbocycles. The molecule has 1 rings (SSSR count). The van der Waals surface area contributed by atoms with Crippen molar-refractivity contribution in [2.75, 3.05) is 26.2 Å². The number of nitrogens with zero attached hydrogens (tertiary/aromatic N) is 1. The van der Waals surface area contributed by atoms with Crippen molar-refractivity contribution in [1.82, 2.24) is 9.62 Å². The van der Waals surface area contributed by atoms with Crippen LogP contribution in [-0.4, -0.2) is 50.8 Å². The summed E-state index contributed by atoms with van der Waals surface area (Å²) in [5, 5.41) is -0.459. The summed E-state index contributed by atoms with van der Waals surface area (Å²) < 4.78 is 26.6. The monoisotopic (exact) mass is 263 g/mol. The van der Waals surface area contributed by atoms with Gasteiger partial charge < -0.3 is 5.73 Å². The standard InChI is InChI=1S/C11H25N3O2S/c1-3-11(8-12)17(15,16)13-9-10-6-5-7-14(10)4-2/h10-11,13H,3-9,12H2,1-2H3. The van der Waals surface area contributed by atoms with Crippen LogP contribution >= 0.6 is 0 Å². The maximum Gasteiger partial charge on any atom is 0.215 e. The van der Waals surface area contributed by atoms with Crippen molar-refractivity contribution in [2.24, 2.45) is 5.73 Å². The molecule has 102 valence electrons. The highest BCUT2D eigenvalue weighted by Crippen LogP contribution is 2.16. The first-order valence-corrected chi connectivity index (χ1v) is 8.02. The van der Waals surface area contributed by atoms with Crippen molar-refractivity contribution >= 4 is 10.0 Å². The Kier molecular flexibility index (Phi) is 5.85. The Hall–Kier alpha value is -0.170. The second kappa shape index (κ2) is 6.68. The zero-order valence-electron chi connectivity index (χ0n) is 10.9. The Morgan fingerprint density at radius 1 is 1.47 bits per heavy atom. The summed E-state index contributed by atoms with van der Waals surface area (Å²) >= 11 is 0. The predicted molar refractivity (Wildman–Crippen MR) is 70.3 cm³/mol. The van der Waals surface area contributed by atoms with Crippen LogP contribution in [0.3, 0.4) is 0 Å². The Bertz CT molecular complexity index is 315. The lowest BCUT2D eigenvalue weighted by Gasteiger charge is -2.24. The Morgan fingerprint density at radius 3 is 2.71 bits per heavy atom. The topological polar surface area (TPSA) is 75.4 Å². The third kappa shape index (κ3) is 3.91. The quantitative estimate of drug-likeness (QED) is 0.684. The molecule has 1 fully saturated rings. The minimum Gasteiger partial charge on any atom is -0.329 e. The van der Waals surface area contributed by atoms with Crippen LogP contribution in [-0.2, 0) is 10.0 Å². The molecule has 0 bridgehead atoms. The molecule has 0 amide bonds. The highest BCUT2D eigenvalue weighted by molar-refractivity contribution is 7.90. The van der Waals surface area contributed by atoms with Crippen molar-refractivity contribution in [3.8, 4) is 0 Å². The maximum atomic E-state index is 11.9. The molecule has 0 aromatic heterocycles. The number of likely N-dealkylation sites (tertiary alicyclic amines) is 1. The molecule has 0 aromatic carbocycles. The van der Waals surface area contributed by atoms with Crippen molar-refractivity contribution in [3.05, 3.63) is 0 Å². The van der Waals surface area contributed by atoms with Crippen molar-refractivity contribution in [3.63, 3.8) is 0 Å². The first kappa shape index (κ1) is 14.9. The summed E-state index contributed by atoms with van der Waals surface area (Å²) in [7, 11) is -3.24. The molecule has 6 heteroatoms. The molecule has 1 heterocycles. The molecule has 3 N–H and O–H groups in total. The van der Waals surface area contributed by atoms with Gasteiger partial charge in [-0.05, 0) is 32.4 Å². The van der Waals surface area contributed by atoms with Gasteiger partial charge in [-0.3, -0.25) is 4.90 Å². The molecule has 2 atom stereocenters. The summed E-state index contributed by atoms with van der Waals surface area (Å²) in [6.45, 7) is 6.74. The smallest absolute Gasteiger partial charge is 0.215 e. The second-order valence-electron chi connectivity index (χ2n) is 4.58. The Balaban J connectivity index is 2.49. The zero-order chi connectivity index (χ0) is 12.9. The van der Waals surface area contributed by atoms with E-state index in [4.69, 9.17) is 5.73 Å². The van der Waals surface area contributed by atoms with E-state index in [0.717, 1.165) is 25.9 Å². The van der Waals surface area contributed by atoms with Gasteiger partial charge in [0.25, 0.3) is 0 Å². The fraction of sp³-hybridized carbons (Fsp3) is 1.00. The lowest BCUT2D eigenvalue weighted by molar-refractivity contribution is 0.268. The number of nitrogens with two attached hydrogens (primary N) is 1. The number of sulfonamides is 1. The SMILES string of the molecule is CCC(CN)S(=O)(=O)NCC1CCCN1CC. The predicted octanol–water partition coefficient (Wildman–Crippen LogP) is 0.127. The van der Waals surface area contributed by atoms with Gasteiger partial charge >= 0.3 is 0 Å². The van der Waals surface area contributed by atoms with Crippen LogP contribution in [0, 0.1) is 0 Å². The molecule has 0 aromatic rings. The van der Waals surface area contributed by atoms with Crippen molar-refractivity contribution in [2.45, 2.75) is 44.4 Å². The third-order valence-corrected chi connectivity index (χ3v) is 5.55. The lowest BCUT2D eigenvalue weighted by Crippen LogP contribution is -2.44. The van der Waals surface area contributed by atoms with Gasteiger partial charge in [-0.15, -0.1) is 0 Å². The number of nitrogens with one attached hydrogen (secondary N) is 1. The average molecular weight is 263 g/mol. The fourth-order valence-electron chi connectivity index (χ4n) is 2.39. The minimum absolute atomic E-state index is 0.188. The Morgan fingerprint density at radius 2 is 2.18 bits per heavy atom. The molecule has 0 radical (unpaired) electrons. The summed E-state index contributed by atoms with van der Waals surface area (Å²) in [5.74, 6) is 0. The maximum absolute atomic E-state index is 11.9. The van der Waals surface area contributed by atoms with Gasteiger partial charge in [0, 0.05) is 19.1 Å². The van der Waals surface area contributed by atoms with E-state index in [1.807, 2.05) is 6.92 Å². The van der Waals surface area contributed by atoms with Crippen LogP contribution in [0.15, 0.2) is 0 Å². The van der Waals surface area contributed by atoms with Gasteiger partial charge in [0.05, 0.1) is 5.25 Å². The van der Waals surface area contributed by atoms with Gasteiger partial charge in [-0.25, -0.2) is 13.1 Å². The van der Waals surface area contributed by atoms with E-state index in [2.05, 4.69) is 16.5 Å². The van der Waals surface area contributed by atoms with Crippen LogP contribution in [0.25, 0.3) is 0 Å². The largest absolute Gasteiger partial charge is 0.329 e. The molecular formula is C11H25N3O2S. The molecule has 1 aliphatic heterocycles. The van der Waals surface area contributed by atoms with E-state index in [1.165, 1.54) is 0 Å². The normalized spacial score (nSPS) is 24.1. The van der Waals surface area contributed by atoms with Crippen LogP contribution in [0.4, 0.5) is 0 Å². The molecule has 17 heavy (non-hydrogen) atoms. The fourth-order valence-corrected chi connectivity index (χ4v) is 3.74. The van der Waals surface area contributed by atoms with Crippen LogP contribution < -0.4 is 10.5 Å². The molecule has 2 unspecified atom stereocenters. The first-order chi connectivity index (χ1) is 8.05. The highest BCUT2D eigenvalue weighted by atomic mass is 32.2. The van der Waals surface area contributed by atoms with Crippen LogP contribution in [0.5, 0.6) is 0 Å². The molecule has 0 aliphatic carbocycles. The summed E-state index contributed by atoms with van der Waals surface area (Å²) in [6, 6.07) is 0.352. The van der Waals surface area contributed by atoms with E-state index in [1.54, 1.807) is 0 Å². The first-order valence-electron chi connectivity index (χ1n) is 6.47. The van der Waals surface area contributed by atoms with Crippen LogP contribution in [0.2, 0.25) is 0 Å². The minimum atomic E-state index is -3.24. The molecular weight excluding hydrogens is 238 g/mol. The molecule has 0 spiro atoms. The number of rotatable bonds is 7. The molecule has 1 saturated heterocycles. The van der Waals surface area contributed by atoms with E-state index >= 15 is 0 Å². The number of hydrogen-bond acceptors (Lipinski definition) is 4. The van der Waals surface area contributed by atoms with E-state index < -0.39 is 15.3 Å². The van der Waals surface area contributed by atoms with E-state index in [-0.39, 0.29) is 6.54 Å². The van der Waals surface area contributed by atoms with Gasteiger partial charge in [-0.1, -0.05) is 13.8 Å². The zero-order valence-corrected chi connectivity index (χ0v) is 11.7. The van der Waals surface area contributed by atoms with Gasteiger partial charge in [0.15, 0.2) is 0 Å². The van der Waals surface area contributed by atoms with Gasteiger partial charge in [-0.2, -0.15) is 0 Å². The van der Waals surface area contributed by atoms with Gasteiger partial charge in [0.1, 0.15) is 0 Å². The highest BCUT2D eigenvalue weighted by Gasteiger charge is 2.27. The third-order valence-electron chi connectivity index (χ3n) is 3.58. The van der Waals surface area contributed by atoms with Crippen molar-refractivity contribution in [1.29, 1.82) is 0 Å². The van der Waals surface area contributed by atoms with Gasteiger partial charge in [0.2, 0.25) is 10.0 Å². The van der Waals surface area contributed by atoms with E-state index in [9.17, 15) is 8.42 Å². The number of hydrogen-bond donors (Lipinski definition) is 2. The summed E-state index contributed by atoms with van der Waals surface area (Å²) in [5.41, 5.74) is 5.48. The van der Waals surface area contributed by atoms with Crippen LogP contribution in [0.1, 0.15) is 33.1 Å². The molecule has 1 aliphatic rings. The Labute approximate surface area is 105 Å². The average Bonchev–Trinajstić information content (AvgIpc) is 2.75. The summed E-state index contributed by atoms with van der Waals surface area (Å²) in [4.78, 5) is 2.33. The van der Waals surface area contributed by atoms with Crippen molar-refractivity contribution < 1.29 is 8.42 Å². The second-order valence-corrected chi connectivity index (χ2v) is 6.63. The van der Waals surface area contributed by atoms with E-state index in [0.29, 0.717) is 19.0 Å². The number of likely N-dealkylation sites (N-methyl/N-ethyl adjacent to an activating group) is 1. The summed E-state index contributed by atoms with van der Waals surface area (Å²) in [6.07, 6.45) is 2.80. The molecule has 5 nitrogen and oxygen atoms in total.